The van der Waals surface area contributed by atoms with Crippen LogP contribution in [0.2, 0.25) is 0 Å². The summed E-state index contributed by atoms with van der Waals surface area (Å²) in [6.45, 7) is 10.8. The van der Waals surface area contributed by atoms with E-state index in [0.29, 0.717) is 0 Å². The van der Waals surface area contributed by atoms with E-state index >= 15 is 0 Å². The monoisotopic (exact) mass is 168 g/mol. The number of hydrazone groups is 1. The highest BCUT2D eigenvalue weighted by Gasteiger charge is 2.09. The van der Waals surface area contributed by atoms with Gasteiger partial charge in [0.05, 0.1) is 0 Å². The molecule has 0 radical (unpaired) electrons. The number of rotatable bonds is 3. The Kier molecular flexibility index (Phi) is 4.26. The number of carbonyl (C=O) groups is 1. The van der Waals surface area contributed by atoms with Crippen LogP contribution in [0.25, 0.3) is 0 Å². The van der Waals surface area contributed by atoms with E-state index in [0.717, 1.165) is 5.57 Å². The Morgan fingerprint density at radius 3 is 2.25 bits per heavy atom. The molecule has 0 aromatic carbocycles. The van der Waals surface area contributed by atoms with Crippen LogP contribution in [-0.4, -0.2) is 23.2 Å². The molecule has 0 atom stereocenters. The minimum atomic E-state index is -0.0532. The van der Waals surface area contributed by atoms with Crippen molar-refractivity contribution in [2.75, 3.05) is 0 Å². The number of amides is 1. The molecule has 0 saturated carbocycles. The van der Waals surface area contributed by atoms with Crippen molar-refractivity contribution in [3.8, 4) is 0 Å². The van der Waals surface area contributed by atoms with Crippen molar-refractivity contribution in [1.82, 2.24) is 5.01 Å². The van der Waals surface area contributed by atoms with Crippen LogP contribution in [0.3, 0.4) is 0 Å². The number of hydrogen-bond acceptors (Lipinski definition) is 2. The molecule has 0 fully saturated rings. The van der Waals surface area contributed by atoms with Gasteiger partial charge in [-0.25, -0.2) is 5.01 Å². The van der Waals surface area contributed by atoms with Gasteiger partial charge in [0, 0.05) is 19.2 Å². The molecule has 12 heavy (non-hydrogen) atoms. The van der Waals surface area contributed by atoms with Gasteiger partial charge in [-0.3, -0.25) is 4.79 Å². The second kappa shape index (κ2) is 4.70. The number of nitrogens with zero attached hydrogens (tertiary/aromatic N) is 2. The predicted octanol–water partition coefficient (Wildman–Crippen LogP) is 1.81. The maximum absolute atomic E-state index is 11.0. The molecule has 0 heterocycles. The van der Waals surface area contributed by atoms with Crippen LogP contribution in [0.4, 0.5) is 0 Å². The van der Waals surface area contributed by atoms with Crippen molar-refractivity contribution in [2.45, 2.75) is 33.7 Å². The van der Waals surface area contributed by atoms with Crippen molar-refractivity contribution in [1.29, 1.82) is 0 Å². The fourth-order valence-corrected chi connectivity index (χ4v) is 0.739. The first-order valence-corrected chi connectivity index (χ1v) is 3.94. The summed E-state index contributed by atoms with van der Waals surface area (Å²) in [5, 5.41) is 5.41. The summed E-state index contributed by atoms with van der Waals surface area (Å²) < 4.78 is 0. The van der Waals surface area contributed by atoms with Crippen molar-refractivity contribution in [3.63, 3.8) is 0 Å². The minimum Gasteiger partial charge on any atom is -0.273 e. The summed E-state index contributed by atoms with van der Waals surface area (Å²) in [7, 11) is 0. The molecule has 0 bridgehead atoms. The van der Waals surface area contributed by atoms with Crippen LogP contribution in [0.15, 0.2) is 17.3 Å². The lowest BCUT2D eigenvalue weighted by atomic mass is 10.3. The minimum absolute atomic E-state index is 0.0532. The Morgan fingerprint density at radius 1 is 1.50 bits per heavy atom. The van der Waals surface area contributed by atoms with Crippen molar-refractivity contribution >= 4 is 12.1 Å². The van der Waals surface area contributed by atoms with Gasteiger partial charge in [0.1, 0.15) is 0 Å². The Labute approximate surface area is 73.8 Å². The normalized spacial score (nSPS) is 10.8. The largest absolute Gasteiger partial charge is 0.273 e. The van der Waals surface area contributed by atoms with Crippen LogP contribution in [0.5, 0.6) is 0 Å². The molecule has 0 aromatic rings. The van der Waals surface area contributed by atoms with E-state index < -0.39 is 0 Å². The maximum Gasteiger partial charge on any atom is 0.239 e. The highest BCUT2D eigenvalue weighted by Crippen LogP contribution is 1.99. The van der Waals surface area contributed by atoms with Gasteiger partial charge < -0.3 is 0 Å². The van der Waals surface area contributed by atoms with Crippen molar-refractivity contribution in [3.05, 3.63) is 12.2 Å². The van der Waals surface area contributed by atoms with Gasteiger partial charge in [0.25, 0.3) is 0 Å². The van der Waals surface area contributed by atoms with Crippen LogP contribution in [0.1, 0.15) is 27.7 Å². The van der Waals surface area contributed by atoms with Gasteiger partial charge in [-0.05, 0) is 26.3 Å². The number of hydrogen-bond donors (Lipinski definition) is 0. The highest BCUT2D eigenvalue weighted by atomic mass is 16.2. The molecule has 3 heteroatoms. The fraction of sp³-hybridized carbons (Fsp3) is 0.556. The average molecular weight is 168 g/mol. The number of carbonyl (C=O) groups excluding carboxylic acids is 1. The van der Waals surface area contributed by atoms with Crippen LogP contribution in [0, 0.1) is 0 Å². The summed E-state index contributed by atoms with van der Waals surface area (Å²) in [4.78, 5) is 11.0. The highest BCUT2D eigenvalue weighted by molar-refractivity contribution is 5.79. The summed E-state index contributed by atoms with van der Waals surface area (Å²) in [5.41, 5.74) is 0.835. The second-order valence-electron chi connectivity index (χ2n) is 3.05. The smallest absolute Gasteiger partial charge is 0.239 e. The summed E-state index contributed by atoms with van der Waals surface area (Å²) in [5.74, 6) is -0.0532. The molecule has 68 valence electrons. The zero-order chi connectivity index (χ0) is 9.72. The molecule has 0 spiro atoms. The SMILES string of the molecule is C=C(C)/C=N\N(C(C)=O)C(C)C. The van der Waals surface area contributed by atoms with Gasteiger partial charge in [0.15, 0.2) is 0 Å². The lowest BCUT2D eigenvalue weighted by molar-refractivity contribution is -0.130. The molecule has 0 unspecified atom stereocenters. The molecular formula is C9H16N2O. The lowest BCUT2D eigenvalue weighted by Crippen LogP contribution is -2.30. The Balaban J connectivity index is 4.33. The predicted molar refractivity (Wildman–Crippen MR) is 51.0 cm³/mol. The van der Waals surface area contributed by atoms with Crippen LogP contribution in [-0.2, 0) is 4.79 Å². The number of allylic oxidation sites excluding steroid dienone is 1. The summed E-state index contributed by atoms with van der Waals surface area (Å²) in [6.07, 6.45) is 1.58. The van der Waals surface area contributed by atoms with Gasteiger partial charge in [-0.15, -0.1) is 0 Å². The Bertz CT molecular complexity index is 207. The van der Waals surface area contributed by atoms with E-state index in [4.69, 9.17) is 0 Å². The quantitative estimate of drug-likeness (QED) is 0.467. The topological polar surface area (TPSA) is 32.7 Å². The van der Waals surface area contributed by atoms with E-state index in [1.54, 1.807) is 6.21 Å². The van der Waals surface area contributed by atoms with E-state index in [9.17, 15) is 4.79 Å². The van der Waals surface area contributed by atoms with Gasteiger partial charge in [0.2, 0.25) is 5.91 Å². The van der Waals surface area contributed by atoms with Crippen LogP contribution >= 0.6 is 0 Å². The van der Waals surface area contributed by atoms with Crippen molar-refractivity contribution in [2.24, 2.45) is 5.10 Å². The maximum atomic E-state index is 11.0. The van der Waals surface area contributed by atoms with Gasteiger partial charge in [-0.2, -0.15) is 5.10 Å². The standard InChI is InChI=1S/C9H16N2O/c1-7(2)6-10-11(8(3)4)9(5)12/h6,8H,1H2,2-5H3/b10-6-. The second-order valence-corrected chi connectivity index (χ2v) is 3.05. The molecule has 1 amide bonds. The molecule has 0 aliphatic carbocycles. The summed E-state index contributed by atoms with van der Waals surface area (Å²) in [6, 6.07) is 0.0955. The van der Waals surface area contributed by atoms with E-state index in [2.05, 4.69) is 11.7 Å². The first kappa shape index (κ1) is 10.9. The zero-order valence-corrected chi connectivity index (χ0v) is 8.16. The fourth-order valence-electron chi connectivity index (χ4n) is 0.739. The molecule has 0 rings (SSSR count). The first-order valence-electron chi connectivity index (χ1n) is 3.94. The molecule has 0 aliphatic heterocycles. The third-order valence-corrected chi connectivity index (χ3v) is 1.21. The molecule has 3 nitrogen and oxygen atoms in total. The van der Waals surface area contributed by atoms with E-state index in [1.807, 2.05) is 20.8 Å². The molecule has 0 N–H and O–H groups in total. The van der Waals surface area contributed by atoms with Crippen LogP contribution < -0.4 is 0 Å². The van der Waals surface area contributed by atoms with E-state index in [-0.39, 0.29) is 11.9 Å². The Hall–Kier alpha value is -1.12. The van der Waals surface area contributed by atoms with Gasteiger partial charge >= 0.3 is 0 Å². The molecule has 0 saturated heterocycles. The Morgan fingerprint density at radius 2 is 2.00 bits per heavy atom. The third kappa shape index (κ3) is 3.91. The zero-order valence-electron chi connectivity index (χ0n) is 8.16. The third-order valence-electron chi connectivity index (χ3n) is 1.21. The van der Waals surface area contributed by atoms with Crippen molar-refractivity contribution < 1.29 is 4.79 Å². The first-order chi connectivity index (χ1) is 5.45. The molecule has 0 aliphatic rings. The molecular weight excluding hydrogens is 152 g/mol. The lowest BCUT2D eigenvalue weighted by Gasteiger charge is -2.18. The van der Waals surface area contributed by atoms with Gasteiger partial charge in [-0.1, -0.05) is 6.58 Å². The molecule has 0 aromatic heterocycles. The van der Waals surface area contributed by atoms with E-state index in [1.165, 1.54) is 11.9 Å². The average Bonchev–Trinajstić information content (AvgIpc) is 1.84. The summed E-state index contributed by atoms with van der Waals surface area (Å²) >= 11 is 0.